The van der Waals surface area contributed by atoms with Crippen molar-refractivity contribution in [3.05, 3.63) is 59.9 Å². The van der Waals surface area contributed by atoms with Crippen LogP contribution >= 0.6 is 0 Å². The number of aliphatic hydroxyl groups is 1. The molecule has 2 aromatic heterocycles. The quantitative estimate of drug-likeness (QED) is 0.723. The molecule has 0 amide bonds. The van der Waals surface area contributed by atoms with E-state index in [1.54, 1.807) is 30.5 Å². The fourth-order valence-corrected chi connectivity index (χ4v) is 2.01. The molecule has 0 aliphatic heterocycles. The summed E-state index contributed by atoms with van der Waals surface area (Å²) >= 11 is 0. The number of aromatic nitrogens is 2. The fourth-order valence-electron chi connectivity index (χ4n) is 2.01. The molecule has 0 unspecified atom stereocenters. The Morgan fingerprint density at radius 1 is 1.18 bits per heavy atom. The first kappa shape index (κ1) is 13.9. The monoisotopic (exact) mass is 296 g/mol. The van der Waals surface area contributed by atoms with Crippen molar-refractivity contribution in [3.8, 4) is 0 Å². The van der Waals surface area contributed by atoms with E-state index in [-0.39, 0.29) is 18.1 Å². The number of hydrogen-bond acceptors (Lipinski definition) is 5. The molecule has 3 aromatic rings. The zero-order valence-corrected chi connectivity index (χ0v) is 11.4. The minimum absolute atomic E-state index is 0.135. The largest absolute Gasteiger partial charge is 0.476 e. The van der Waals surface area contributed by atoms with E-state index in [0.29, 0.717) is 16.9 Å². The summed E-state index contributed by atoms with van der Waals surface area (Å²) in [4.78, 5) is 15.4. The summed E-state index contributed by atoms with van der Waals surface area (Å²) in [5.41, 5.74) is 1.46. The van der Waals surface area contributed by atoms with E-state index in [2.05, 4.69) is 15.2 Å². The molecule has 0 atom stereocenters. The molecule has 0 aliphatic carbocycles. The van der Waals surface area contributed by atoms with Gasteiger partial charge in [0.1, 0.15) is 5.65 Å². The van der Waals surface area contributed by atoms with Crippen LogP contribution in [0.5, 0.6) is 0 Å². The van der Waals surface area contributed by atoms with E-state index in [1.165, 1.54) is 4.40 Å². The van der Waals surface area contributed by atoms with Gasteiger partial charge < -0.3 is 10.2 Å². The molecule has 0 radical (unpaired) electrons. The molecule has 0 saturated carbocycles. The van der Waals surface area contributed by atoms with Crippen LogP contribution in [0.4, 0.5) is 11.5 Å². The van der Waals surface area contributed by atoms with Crippen molar-refractivity contribution < 1.29 is 15.0 Å². The standard InChI is InChI=1S/C15H12N4O3/c20-9-10-6-7-19-12(8-10)16-13(15(21)22)14(19)18-17-11-4-2-1-3-5-11/h1-8,20H,9H2,(H,21,22). The second-order valence-electron chi connectivity index (χ2n) is 4.55. The number of aromatic carboxylic acids is 1. The number of hydrogen-bond donors (Lipinski definition) is 2. The maximum atomic E-state index is 11.3. The van der Waals surface area contributed by atoms with Crippen molar-refractivity contribution in [2.75, 3.05) is 0 Å². The summed E-state index contributed by atoms with van der Waals surface area (Å²) in [5.74, 6) is -1.05. The Hall–Kier alpha value is -3.06. The highest BCUT2D eigenvalue weighted by molar-refractivity contribution is 5.91. The number of nitrogens with zero attached hydrogens (tertiary/aromatic N) is 4. The van der Waals surface area contributed by atoms with Crippen LogP contribution in [-0.4, -0.2) is 25.6 Å². The van der Waals surface area contributed by atoms with Crippen molar-refractivity contribution in [1.29, 1.82) is 0 Å². The third-order valence-electron chi connectivity index (χ3n) is 3.07. The van der Waals surface area contributed by atoms with Crippen LogP contribution in [0.15, 0.2) is 58.9 Å². The predicted octanol–water partition coefficient (Wildman–Crippen LogP) is 2.94. The lowest BCUT2D eigenvalue weighted by Crippen LogP contribution is -1.96. The van der Waals surface area contributed by atoms with Gasteiger partial charge in [-0.15, -0.1) is 10.2 Å². The highest BCUT2D eigenvalue weighted by Crippen LogP contribution is 2.24. The summed E-state index contributed by atoms with van der Waals surface area (Å²) < 4.78 is 1.52. The van der Waals surface area contributed by atoms with E-state index >= 15 is 0 Å². The number of aliphatic hydroxyl groups excluding tert-OH is 1. The lowest BCUT2D eigenvalue weighted by Gasteiger charge is -1.99. The smallest absolute Gasteiger partial charge is 0.358 e. The second kappa shape index (κ2) is 5.74. The Morgan fingerprint density at radius 2 is 1.95 bits per heavy atom. The Labute approximate surface area is 125 Å². The van der Waals surface area contributed by atoms with Gasteiger partial charge in [-0.05, 0) is 29.8 Å². The summed E-state index contributed by atoms with van der Waals surface area (Å²) in [6.07, 6.45) is 1.61. The highest BCUT2D eigenvalue weighted by atomic mass is 16.4. The molecule has 0 bridgehead atoms. The third-order valence-corrected chi connectivity index (χ3v) is 3.07. The number of benzene rings is 1. The summed E-state index contributed by atoms with van der Waals surface area (Å²) in [5, 5.41) is 26.5. The number of carboxylic acids is 1. The summed E-state index contributed by atoms with van der Waals surface area (Å²) in [7, 11) is 0. The second-order valence-corrected chi connectivity index (χ2v) is 4.55. The van der Waals surface area contributed by atoms with E-state index < -0.39 is 5.97 Å². The first-order valence-electron chi connectivity index (χ1n) is 6.51. The first-order valence-corrected chi connectivity index (χ1v) is 6.51. The molecule has 7 nitrogen and oxygen atoms in total. The fraction of sp³-hybridized carbons (Fsp3) is 0.0667. The molecule has 2 N–H and O–H groups in total. The molecule has 0 saturated heterocycles. The number of fused-ring (bicyclic) bond motifs is 1. The Balaban J connectivity index is 2.12. The molecule has 0 aliphatic rings. The number of rotatable bonds is 4. The highest BCUT2D eigenvalue weighted by Gasteiger charge is 2.18. The van der Waals surface area contributed by atoms with Crippen LogP contribution in [0.25, 0.3) is 5.65 Å². The van der Waals surface area contributed by atoms with E-state index in [1.807, 2.05) is 18.2 Å². The summed E-state index contributed by atoms with van der Waals surface area (Å²) in [6, 6.07) is 12.3. The number of carboxylic acid groups (broad SMARTS) is 1. The van der Waals surface area contributed by atoms with Gasteiger partial charge in [-0.25, -0.2) is 9.78 Å². The molecule has 0 spiro atoms. The van der Waals surface area contributed by atoms with Gasteiger partial charge in [0.25, 0.3) is 0 Å². The topological polar surface area (TPSA) is 99.5 Å². The third kappa shape index (κ3) is 2.57. The van der Waals surface area contributed by atoms with Crippen LogP contribution < -0.4 is 0 Å². The van der Waals surface area contributed by atoms with Crippen LogP contribution in [0.1, 0.15) is 16.1 Å². The number of imidazole rings is 1. The van der Waals surface area contributed by atoms with Crippen molar-refractivity contribution in [3.63, 3.8) is 0 Å². The summed E-state index contributed by atoms with van der Waals surface area (Å²) in [6.45, 7) is -0.146. The first-order chi connectivity index (χ1) is 10.7. The maximum Gasteiger partial charge on any atom is 0.358 e. The molecule has 0 fully saturated rings. The van der Waals surface area contributed by atoms with Gasteiger partial charge in [-0.3, -0.25) is 4.40 Å². The van der Waals surface area contributed by atoms with Gasteiger partial charge in [0.05, 0.1) is 12.3 Å². The lowest BCUT2D eigenvalue weighted by atomic mass is 10.3. The molecule has 1 aromatic carbocycles. The minimum atomic E-state index is -1.18. The van der Waals surface area contributed by atoms with E-state index in [4.69, 9.17) is 5.11 Å². The molecule has 2 heterocycles. The van der Waals surface area contributed by atoms with Gasteiger partial charge >= 0.3 is 5.97 Å². The molecular weight excluding hydrogens is 284 g/mol. The molecular formula is C15H12N4O3. The van der Waals surface area contributed by atoms with Gasteiger partial charge in [-0.1, -0.05) is 18.2 Å². The van der Waals surface area contributed by atoms with Crippen molar-refractivity contribution in [2.24, 2.45) is 10.2 Å². The lowest BCUT2D eigenvalue weighted by molar-refractivity contribution is 0.0692. The predicted molar refractivity (Wildman–Crippen MR) is 78.7 cm³/mol. The van der Waals surface area contributed by atoms with Gasteiger partial charge in [0, 0.05) is 6.20 Å². The number of carbonyl (C=O) groups is 1. The number of azo groups is 1. The van der Waals surface area contributed by atoms with E-state index in [0.717, 1.165) is 0 Å². The van der Waals surface area contributed by atoms with Crippen LogP contribution in [0.2, 0.25) is 0 Å². The van der Waals surface area contributed by atoms with Crippen molar-refractivity contribution >= 4 is 23.1 Å². The minimum Gasteiger partial charge on any atom is -0.476 e. The van der Waals surface area contributed by atoms with Crippen LogP contribution in [-0.2, 0) is 6.61 Å². The zero-order chi connectivity index (χ0) is 15.5. The van der Waals surface area contributed by atoms with Crippen molar-refractivity contribution in [2.45, 2.75) is 6.61 Å². The van der Waals surface area contributed by atoms with Crippen molar-refractivity contribution in [1.82, 2.24) is 9.38 Å². The molecule has 7 heteroatoms. The van der Waals surface area contributed by atoms with Crippen LogP contribution in [0.3, 0.4) is 0 Å². The van der Waals surface area contributed by atoms with Crippen LogP contribution in [0, 0.1) is 0 Å². The maximum absolute atomic E-state index is 11.3. The number of pyridine rings is 1. The SMILES string of the molecule is O=C(O)c1nc2cc(CO)ccn2c1N=Nc1ccccc1. The van der Waals surface area contributed by atoms with Gasteiger partial charge in [-0.2, -0.15) is 0 Å². The van der Waals surface area contributed by atoms with Gasteiger partial charge in [0.2, 0.25) is 0 Å². The zero-order valence-electron chi connectivity index (χ0n) is 11.4. The molecule has 110 valence electrons. The Bertz CT molecular complexity index is 856. The average molecular weight is 296 g/mol. The molecule has 3 rings (SSSR count). The Kier molecular flexibility index (Phi) is 3.63. The van der Waals surface area contributed by atoms with E-state index in [9.17, 15) is 9.90 Å². The molecule has 22 heavy (non-hydrogen) atoms. The average Bonchev–Trinajstić information content (AvgIpc) is 2.91. The normalized spacial score (nSPS) is 11.3. The Morgan fingerprint density at radius 3 is 2.64 bits per heavy atom. The van der Waals surface area contributed by atoms with Gasteiger partial charge in [0.15, 0.2) is 11.5 Å².